The number of para-hydroxylation sites is 1. The summed E-state index contributed by atoms with van der Waals surface area (Å²) in [5.41, 5.74) is 0.559. The van der Waals surface area contributed by atoms with Crippen molar-refractivity contribution >= 4 is 27.6 Å². The summed E-state index contributed by atoms with van der Waals surface area (Å²) >= 11 is 0. The van der Waals surface area contributed by atoms with E-state index in [-0.39, 0.29) is 4.90 Å². The number of nitrogens with one attached hydrogen (secondary N) is 2. The van der Waals surface area contributed by atoms with Crippen LogP contribution in [0.15, 0.2) is 53.4 Å². The topological polar surface area (TPSA) is 120 Å². The van der Waals surface area contributed by atoms with E-state index in [0.717, 1.165) is 0 Å². The largest absolute Gasteiger partial charge is 0.486 e. The van der Waals surface area contributed by atoms with Crippen LogP contribution in [0.4, 0.5) is 5.69 Å². The average molecular weight is 448 g/mol. The highest BCUT2D eigenvalue weighted by Crippen LogP contribution is 2.32. The van der Waals surface area contributed by atoms with Crippen LogP contribution in [0.5, 0.6) is 11.5 Å². The normalized spacial score (nSPS) is 14.0. The van der Waals surface area contributed by atoms with Gasteiger partial charge in [-0.1, -0.05) is 32.0 Å². The number of hydrogen-bond acceptors (Lipinski definition) is 7. The molecule has 0 saturated heterocycles. The summed E-state index contributed by atoms with van der Waals surface area (Å²) in [6.07, 6.45) is 0. The van der Waals surface area contributed by atoms with Crippen LogP contribution in [0.2, 0.25) is 0 Å². The molecule has 0 saturated carbocycles. The molecule has 1 aliphatic rings. The third-order valence-corrected chi connectivity index (χ3v) is 5.87. The lowest BCUT2D eigenvalue weighted by atomic mass is 10.1. The summed E-state index contributed by atoms with van der Waals surface area (Å²) in [6.45, 7) is 3.50. The number of benzene rings is 2. The molecular formula is C21H24N2O7S. The van der Waals surface area contributed by atoms with Crippen molar-refractivity contribution < 1.29 is 32.2 Å². The van der Waals surface area contributed by atoms with Crippen LogP contribution >= 0.6 is 0 Å². The van der Waals surface area contributed by atoms with Crippen LogP contribution in [0.25, 0.3) is 0 Å². The molecule has 9 nitrogen and oxygen atoms in total. The Balaban J connectivity index is 1.64. The monoisotopic (exact) mass is 448 g/mol. The van der Waals surface area contributed by atoms with E-state index < -0.39 is 40.5 Å². The minimum absolute atomic E-state index is 0.0722. The summed E-state index contributed by atoms with van der Waals surface area (Å²) in [5, 5.41) is 2.59. The fraction of sp³-hybridized carbons (Fsp3) is 0.333. The standard InChI is InChI=1S/C21H24N2O7S/c1-14(2)20(21(25)30-13-19(24)22-15-6-4-3-5-7-15)23-31(26,27)16-8-9-17-18(12-16)29-11-10-28-17/h3-9,12,14,20,23H,10-11,13H2,1-2H3,(H,22,24)/t20-/m0/s1. The summed E-state index contributed by atoms with van der Waals surface area (Å²) in [6, 6.07) is 11.7. The third kappa shape index (κ3) is 5.96. The molecule has 2 N–H and O–H groups in total. The molecule has 0 aliphatic carbocycles. The Labute approximate surface area is 180 Å². The van der Waals surface area contributed by atoms with Gasteiger partial charge in [0.25, 0.3) is 5.91 Å². The summed E-state index contributed by atoms with van der Waals surface area (Å²) in [4.78, 5) is 24.4. The Morgan fingerprint density at radius 3 is 2.39 bits per heavy atom. The molecule has 0 fully saturated rings. The average Bonchev–Trinajstić information content (AvgIpc) is 2.76. The van der Waals surface area contributed by atoms with Crippen molar-refractivity contribution in [2.75, 3.05) is 25.1 Å². The van der Waals surface area contributed by atoms with E-state index in [1.807, 2.05) is 0 Å². The minimum atomic E-state index is -4.06. The van der Waals surface area contributed by atoms with Gasteiger partial charge in [-0.05, 0) is 30.2 Å². The van der Waals surface area contributed by atoms with Gasteiger partial charge in [-0.25, -0.2) is 8.42 Å². The summed E-state index contributed by atoms with van der Waals surface area (Å²) in [7, 11) is -4.06. The molecule has 2 aromatic rings. The fourth-order valence-electron chi connectivity index (χ4n) is 2.83. The van der Waals surface area contributed by atoms with E-state index in [4.69, 9.17) is 14.2 Å². The van der Waals surface area contributed by atoms with Gasteiger partial charge in [0.1, 0.15) is 19.3 Å². The number of fused-ring (bicyclic) bond motifs is 1. The first-order chi connectivity index (χ1) is 14.8. The van der Waals surface area contributed by atoms with E-state index in [1.54, 1.807) is 44.2 Å². The van der Waals surface area contributed by atoms with Crippen LogP contribution in [0.1, 0.15) is 13.8 Å². The second kappa shape index (κ2) is 9.80. The van der Waals surface area contributed by atoms with Crippen molar-refractivity contribution in [3.63, 3.8) is 0 Å². The first kappa shape index (κ1) is 22.6. The van der Waals surface area contributed by atoms with Crippen LogP contribution in [0, 0.1) is 5.92 Å². The molecule has 1 aliphatic heterocycles. The molecule has 0 bridgehead atoms. The van der Waals surface area contributed by atoms with E-state index in [0.29, 0.717) is 30.4 Å². The lowest BCUT2D eigenvalue weighted by Crippen LogP contribution is -2.45. The predicted octanol–water partition coefficient (Wildman–Crippen LogP) is 1.94. The highest BCUT2D eigenvalue weighted by molar-refractivity contribution is 7.89. The fourth-order valence-corrected chi connectivity index (χ4v) is 4.18. The molecule has 166 valence electrons. The van der Waals surface area contributed by atoms with Gasteiger partial charge in [0.15, 0.2) is 18.1 Å². The van der Waals surface area contributed by atoms with Gasteiger partial charge in [0.05, 0.1) is 4.90 Å². The molecule has 0 aromatic heterocycles. The molecule has 1 amide bonds. The van der Waals surface area contributed by atoms with Crippen molar-refractivity contribution in [1.29, 1.82) is 0 Å². The molecule has 31 heavy (non-hydrogen) atoms. The van der Waals surface area contributed by atoms with Gasteiger partial charge in [-0.15, -0.1) is 0 Å². The lowest BCUT2D eigenvalue weighted by Gasteiger charge is -2.22. The Bertz CT molecular complexity index is 1040. The molecule has 0 radical (unpaired) electrons. The number of rotatable bonds is 8. The zero-order valence-corrected chi connectivity index (χ0v) is 18.0. The maximum Gasteiger partial charge on any atom is 0.324 e. The Morgan fingerprint density at radius 2 is 1.71 bits per heavy atom. The van der Waals surface area contributed by atoms with Crippen LogP contribution in [-0.2, 0) is 24.3 Å². The Kier molecular flexibility index (Phi) is 7.13. The summed E-state index contributed by atoms with van der Waals surface area (Å²) < 4.78 is 43.9. The first-order valence-electron chi connectivity index (χ1n) is 9.70. The number of anilines is 1. The zero-order chi connectivity index (χ0) is 22.4. The summed E-state index contributed by atoms with van der Waals surface area (Å²) in [5.74, 6) is -1.03. The van der Waals surface area contributed by atoms with Crippen molar-refractivity contribution in [2.24, 2.45) is 5.92 Å². The van der Waals surface area contributed by atoms with Crippen LogP contribution < -0.4 is 19.5 Å². The van der Waals surface area contributed by atoms with Crippen LogP contribution in [-0.4, -0.2) is 46.2 Å². The van der Waals surface area contributed by atoms with Gasteiger partial charge in [-0.3, -0.25) is 9.59 Å². The molecular weight excluding hydrogens is 424 g/mol. The number of esters is 1. The van der Waals surface area contributed by atoms with Gasteiger partial charge in [-0.2, -0.15) is 4.72 Å². The molecule has 0 unspecified atom stereocenters. The molecule has 2 aromatic carbocycles. The SMILES string of the molecule is CC(C)[C@H](NS(=O)(=O)c1ccc2c(c1)OCCO2)C(=O)OCC(=O)Nc1ccccc1. The predicted molar refractivity (Wildman–Crippen MR) is 112 cm³/mol. The van der Waals surface area contributed by atoms with E-state index >= 15 is 0 Å². The molecule has 0 spiro atoms. The third-order valence-electron chi connectivity index (χ3n) is 4.43. The number of sulfonamides is 1. The molecule has 10 heteroatoms. The molecule has 3 rings (SSSR count). The van der Waals surface area contributed by atoms with E-state index in [1.165, 1.54) is 18.2 Å². The van der Waals surface area contributed by atoms with Gasteiger partial charge in [0.2, 0.25) is 10.0 Å². The molecule has 1 atom stereocenters. The number of hydrogen-bond donors (Lipinski definition) is 2. The van der Waals surface area contributed by atoms with E-state index in [9.17, 15) is 18.0 Å². The van der Waals surface area contributed by atoms with Gasteiger partial charge >= 0.3 is 5.97 Å². The number of carbonyl (C=O) groups is 2. The molecule has 1 heterocycles. The Morgan fingerprint density at radius 1 is 1.03 bits per heavy atom. The van der Waals surface area contributed by atoms with Crippen molar-refractivity contribution in [2.45, 2.75) is 24.8 Å². The first-order valence-corrected chi connectivity index (χ1v) is 11.2. The minimum Gasteiger partial charge on any atom is -0.486 e. The second-order valence-corrected chi connectivity index (χ2v) is 8.88. The van der Waals surface area contributed by atoms with Crippen molar-refractivity contribution in [3.8, 4) is 11.5 Å². The highest BCUT2D eigenvalue weighted by Gasteiger charge is 2.31. The Hall–Kier alpha value is -3.11. The smallest absolute Gasteiger partial charge is 0.324 e. The number of ether oxygens (including phenoxy) is 3. The maximum atomic E-state index is 12.8. The quantitative estimate of drug-likeness (QED) is 0.592. The van der Waals surface area contributed by atoms with Gasteiger partial charge in [0, 0.05) is 11.8 Å². The van der Waals surface area contributed by atoms with Crippen molar-refractivity contribution in [1.82, 2.24) is 4.72 Å². The number of amides is 1. The number of carbonyl (C=O) groups excluding carboxylic acids is 2. The zero-order valence-electron chi connectivity index (χ0n) is 17.2. The van der Waals surface area contributed by atoms with Gasteiger partial charge < -0.3 is 19.5 Å². The maximum absolute atomic E-state index is 12.8. The highest BCUT2D eigenvalue weighted by atomic mass is 32.2. The second-order valence-electron chi connectivity index (χ2n) is 7.17. The van der Waals surface area contributed by atoms with E-state index in [2.05, 4.69) is 10.0 Å². The lowest BCUT2D eigenvalue weighted by molar-refractivity contribution is -0.150. The van der Waals surface area contributed by atoms with Crippen LogP contribution in [0.3, 0.4) is 0 Å². The van der Waals surface area contributed by atoms with Crippen molar-refractivity contribution in [3.05, 3.63) is 48.5 Å².